The highest BCUT2D eigenvalue weighted by Crippen LogP contribution is 2.33. The van der Waals surface area contributed by atoms with Gasteiger partial charge in [0.25, 0.3) is 0 Å². The molecule has 0 aliphatic carbocycles. The maximum atomic E-state index is 12.2. The molecule has 0 fully saturated rings. The van der Waals surface area contributed by atoms with Crippen LogP contribution in [-0.4, -0.2) is 49.6 Å². The van der Waals surface area contributed by atoms with Gasteiger partial charge in [-0.15, -0.1) is 0 Å². The van der Waals surface area contributed by atoms with Gasteiger partial charge in [-0.1, -0.05) is 44.2 Å². The summed E-state index contributed by atoms with van der Waals surface area (Å²) in [5, 5.41) is 33.4. The minimum Gasteiger partial charge on any atom is -0.394 e. The number of aliphatic hydroxyl groups is 3. The second-order valence-corrected chi connectivity index (χ2v) is 7.36. The molecule has 1 aliphatic rings. The number of fused-ring (bicyclic) bond motifs is 1. The van der Waals surface area contributed by atoms with Gasteiger partial charge in [0, 0.05) is 12.1 Å². The molecule has 0 radical (unpaired) electrons. The predicted octanol–water partition coefficient (Wildman–Crippen LogP) is 0.750. The average Bonchev–Trinajstić information content (AvgIpc) is 3.08. The quantitative estimate of drug-likeness (QED) is 0.598. The van der Waals surface area contributed by atoms with Gasteiger partial charge in [-0.2, -0.15) is 0 Å². The number of nitrogens with zero attached hydrogens (tertiary/aromatic N) is 2. The molecule has 0 spiro atoms. The third-order valence-corrected chi connectivity index (χ3v) is 5.05. The van der Waals surface area contributed by atoms with Crippen molar-refractivity contribution in [2.75, 3.05) is 6.61 Å². The number of aliphatic hydroxyl groups excluding tert-OH is 3. The summed E-state index contributed by atoms with van der Waals surface area (Å²) in [6.07, 6.45) is 0.842. The van der Waals surface area contributed by atoms with E-state index in [0.29, 0.717) is 12.2 Å². The van der Waals surface area contributed by atoms with E-state index in [1.54, 1.807) is 24.6 Å². The van der Waals surface area contributed by atoms with E-state index in [1.807, 2.05) is 30.3 Å². The molecule has 0 saturated carbocycles. The first-order valence-corrected chi connectivity index (χ1v) is 9.31. The number of benzene rings is 1. The lowest BCUT2D eigenvalue weighted by atomic mass is 9.93. The fourth-order valence-corrected chi connectivity index (χ4v) is 3.40. The zero-order chi connectivity index (χ0) is 19.6. The first-order valence-electron chi connectivity index (χ1n) is 9.31. The molecule has 1 amide bonds. The molecule has 7 nitrogen and oxygen atoms in total. The Morgan fingerprint density at radius 2 is 1.89 bits per heavy atom. The number of amides is 1. The lowest BCUT2D eigenvalue weighted by Crippen LogP contribution is -2.52. The Morgan fingerprint density at radius 3 is 2.52 bits per heavy atom. The zero-order valence-corrected chi connectivity index (χ0v) is 15.6. The first-order chi connectivity index (χ1) is 12.9. The minimum absolute atomic E-state index is 0.228. The summed E-state index contributed by atoms with van der Waals surface area (Å²) < 4.78 is 1.68. The van der Waals surface area contributed by atoms with E-state index in [-0.39, 0.29) is 18.4 Å². The van der Waals surface area contributed by atoms with Crippen LogP contribution in [0.3, 0.4) is 0 Å². The maximum absolute atomic E-state index is 12.2. The molecule has 1 aromatic carbocycles. The number of rotatable bonds is 6. The smallest absolute Gasteiger partial charge is 0.223 e. The number of aromatic nitrogens is 2. The predicted molar refractivity (Wildman–Crippen MR) is 99.9 cm³/mol. The largest absolute Gasteiger partial charge is 0.394 e. The lowest BCUT2D eigenvalue weighted by Gasteiger charge is -2.38. The first kappa shape index (κ1) is 19.5. The van der Waals surface area contributed by atoms with Gasteiger partial charge in [0.2, 0.25) is 5.91 Å². The van der Waals surface area contributed by atoms with Crippen LogP contribution < -0.4 is 5.32 Å². The molecule has 0 bridgehead atoms. The van der Waals surface area contributed by atoms with E-state index in [0.717, 1.165) is 12.1 Å². The van der Waals surface area contributed by atoms with Crippen molar-refractivity contribution in [2.24, 2.45) is 5.92 Å². The fraction of sp³-hybridized carbons (Fsp3) is 0.500. The van der Waals surface area contributed by atoms with Crippen LogP contribution in [0.2, 0.25) is 0 Å². The third kappa shape index (κ3) is 4.05. The molecule has 2 unspecified atom stereocenters. The number of carbonyl (C=O) groups is 1. The van der Waals surface area contributed by atoms with E-state index in [9.17, 15) is 20.1 Å². The highest BCUT2D eigenvalue weighted by Gasteiger charge is 2.43. The Balaban J connectivity index is 1.87. The normalized spacial score (nSPS) is 24.7. The molecule has 4 N–H and O–H groups in total. The Bertz CT molecular complexity index is 775. The monoisotopic (exact) mass is 373 g/mol. The molecule has 2 aromatic rings. The van der Waals surface area contributed by atoms with Gasteiger partial charge in [-0.25, -0.2) is 4.98 Å². The van der Waals surface area contributed by atoms with E-state index >= 15 is 0 Å². The van der Waals surface area contributed by atoms with Crippen LogP contribution in [0.5, 0.6) is 0 Å². The number of hydrogen-bond donors (Lipinski definition) is 4. The summed E-state index contributed by atoms with van der Waals surface area (Å²) in [6, 6.07) is 8.52. The minimum atomic E-state index is -1.23. The van der Waals surface area contributed by atoms with E-state index in [4.69, 9.17) is 0 Å². The molecule has 146 valence electrons. The summed E-state index contributed by atoms with van der Waals surface area (Å²) >= 11 is 0. The van der Waals surface area contributed by atoms with Crippen molar-refractivity contribution in [2.45, 2.75) is 51.0 Å². The van der Waals surface area contributed by atoms with Gasteiger partial charge in [-0.05, 0) is 18.4 Å². The Kier molecular flexibility index (Phi) is 5.94. The topological polar surface area (TPSA) is 108 Å². The van der Waals surface area contributed by atoms with Crippen LogP contribution in [-0.2, 0) is 17.6 Å². The maximum Gasteiger partial charge on any atom is 0.223 e. The van der Waals surface area contributed by atoms with Crippen LogP contribution in [0, 0.1) is 5.92 Å². The van der Waals surface area contributed by atoms with Crippen LogP contribution in [0.15, 0.2) is 36.5 Å². The van der Waals surface area contributed by atoms with Crippen molar-refractivity contribution in [1.29, 1.82) is 0 Å². The number of carbonyl (C=O) groups excluding carboxylic acids is 1. The van der Waals surface area contributed by atoms with E-state index < -0.39 is 24.3 Å². The number of nitrogens with one attached hydrogen (secondary N) is 1. The summed E-state index contributed by atoms with van der Waals surface area (Å²) in [5.74, 6) is -0.0242. The summed E-state index contributed by atoms with van der Waals surface area (Å²) in [4.78, 5) is 16.8. The summed E-state index contributed by atoms with van der Waals surface area (Å²) in [5.41, 5.74) is 1.98. The number of hydrogen-bond acceptors (Lipinski definition) is 5. The second kappa shape index (κ2) is 8.21. The van der Waals surface area contributed by atoms with Gasteiger partial charge >= 0.3 is 0 Å². The molecule has 4 atom stereocenters. The lowest BCUT2D eigenvalue weighted by molar-refractivity contribution is -0.128. The molecule has 7 heteroatoms. The van der Waals surface area contributed by atoms with E-state index in [2.05, 4.69) is 10.3 Å². The molecule has 1 aliphatic heterocycles. The van der Waals surface area contributed by atoms with Crippen molar-refractivity contribution in [1.82, 2.24) is 14.9 Å². The van der Waals surface area contributed by atoms with Crippen molar-refractivity contribution in [3.63, 3.8) is 0 Å². The molecular weight excluding hydrogens is 346 g/mol. The highest BCUT2D eigenvalue weighted by atomic mass is 16.3. The SMILES string of the molecule is CC(C)C(=O)N[C@@H]1c2nc(CCc3ccccc3)cn2C(CO)[C@@H](O)C1O. The summed E-state index contributed by atoms with van der Waals surface area (Å²) in [6.45, 7) is 3.19. The van der Waals surface area contributed by atoms with Gasteiger partial charge in [-0.3, -0.25) is 4.79 Å². The number of aryl methyl sites for hydroxylation is 2. The molecule has 2 heterocycles. The van der Waals surface area contributed by atoms with E-state index in [1.165, 1.54) is 5.56 Å². The van der Waals surface area contributed by atoms with Gasteiger partial charge in [0.05, 0.1) is 18.3 Å². The van der Waals surface area contributed by atoms with Crippen LogP contribution in [0.25, 0.3) is 0 Å². The van der Waals surface area contributed by atoms with Gasteiger partial charge < -0.3 is 25.2 Å². The average molecular weight is 373 g/mol. The fourth-order valence-electron chi connectivity index (χ4n) is 3.40. The highest BCUT2D eigenvalue weighted by molar-refractivity contribution is 5.78. The zero-order valence-electron chi connectivity index (χ0n) is 15.6. The van der Waals surface area contributed by atoms with Crippen LogP contribution in [0.1, 0.15) is 43.0 Å². The molecular formula is C20H27N3O4. The molecule has 1 aromatic heterocycles. The third-order valence-electron chi connectivity index (χ3n) is 5.05. The van der Waals surface area contributed by atoms with Crippen molar-refractivity contribution >= 4 is 5.91 Å². The second-order valence-electron chi connectivity index (χ2n) is 7.36. The van der Waals surface area contributed by atoms with Crippen LogP contribution in [0.4, 0.5) is 0 Å². The van der Waals surface area contributed by atoms with Gasteiger partial charge in [0.1, 0.15) is 24.1 Å². The summed E-state index contributed by atoms with van der Waals surface area (Å²) in [7, 11) is 0. The molecule has 3 rings (SSSR count). The van der Waals surface area contributed by atoms with Crippen molar-refractivity contribution in [3.8, 4) is 0 Å². The molecule has 27 heavy (non-hydrogen) atoms. The Labute approximate surface area is 158 Å². The molecule has 0 saturated heterocycles. The number of imidazole rings is 1. The van der Waals surface area contributed by atoms with Crippen LogP contribution >= 0.6 is 0 Å². The van der Waals surface area contributed by atoms with Crippen molar-refractivity contribution < 1.29 is 20.1 Å². The Morgan fingerprint density at radius 1 is 1.19 bits per heavy atom. The van der Waals surface area contributed by atoms with Crippen molar-refractivity contribution in [3.05, 3.63) is 53.6 Å². The Hall–Kier alpha value is -2.22. The van der Waals surface area contributed by atoms with Gasteiger partial charge in [0.15, 0.2) is 0 Å². The standard InChI is InChI=1S/C20H27N3O4/c1-12(2)20(27)22-16-18(26)17(25)15(11-24)23-10-14(21-19(16)23)9-8-13-6-4-3-5-7-13/h3-7,10,12,15-18,24-26H,8-9,11H2,1-2H3,(H,22,27)/t15?,16-,17+,18?/m0/s1.